The van der Waals surface area contributed by atoms with E-state index in [2.05, 4.69) is 32.7 Å². The summed E-state index contributed by atoms with van der Waals surface area (Å²) >= 11 is 11.2. The molecule has 1 aliphatic rings. The van der Waals surface area contributed by atoms with Crippen LogP contribution in [0.25, 0.3) is 0 Å². The number of nitrogens with zero attached hydrogens (tertiary/aromatic N) is 2. The molecule has 0 spiro atoms. The van der Waals surface area contributed by atoms with Gasteiger partial charge in [-0.25, -0.2) is 0 Å². The maximum Gasteiger partial charge on any atom is 0.271 e. The number of hydrogen-bond donors (Lipinski definition) is 3. The molecule has 1 saturated heterocycles. The van der Waals surface area contributed by atoms with Crippen LogP contribution in [-0.4, -0.2) is 60.0 Å². The third kappa shape index (κ3) is 5.95. The second-order valence-corrected chi connectivity index (χ2v) is 7.16. The smallest absolute Gasteiger partial charge is 0.271 e. The lowest BCUT2D eigenvalue weighted by atomic mass is 10.0. The zero-order valence-electron chi connectivity index (χ0n) is 16.0. The van der Waals surface area contributed by atoms with E-state index in [1.165, 1.54) is 0 Å². The Morgan fingerprint density at radius 2 is 1.96 bits per heavy atom. The molecule has 2 aromatic rings. The van der Waals surface area contributed by atoms with Crippen molar-refractivity contribution in [3.05, 3.63) is 45.7 Å². The number of likely N-dealkylation sites (tertiary alicyclic amines) is 1. The van der Waals surface area contributed by atoms with Crippen LogP contribution in [0.3, 0.4) is 0 Å². The molecule has 1 fully saturated rings. The van der Waals surface area contributed by atoms with Crippen molar-refractivity contribution >= 4 is 41.1 Å². The van der Waals surface area contributed by atoms with Gasteiger partial charge < -0.3 is 15.5 Å². The van der Waals surface area contributed by atoms with Gasteiger partial charge in [0, 0.05) is 26.2 Å². The van der Waals surface area contributed by atoms with E-state index in [1.54, 1.807) is 31.4 Å². The molecule has 0 saturated carbocycles. The molecule has 152 valence electrons. The van der Waals surface area contributed by atoms with Crippen LogP contribution in [-0.2, 0) is 0 Å². The molecule has 1 aromatic heterocycles. The van der Waals surface area contributed by atoms with Crippen LogP contribution in [0.5, 0.6) is 0 Å². The Morgan fingerprint density at radius 3 is 2.46 bits per heavy atom. The van der Waals surface area contributed by atoms with E-state index in [-0.39, 0.29) is 11.9 Å². The third-order valence-electron chi connectivity index (χ3n) is 4.62. The van der Waals surface area contributed by atoms with Gasteiger partial charge in [-0.15, -0.1) is 0 Å². The molecule has 2 heterocycles. The highest BCUT2D eigenvalue weighted by Gasteiger charge is 2.21. The number of anilines is 1. The van der Waals surface area contributed by atoms with Gasteiger partial charge >= 0.3 is 0 Å². The fourth-order valence-electron chi connectivity index (χ4n) is 2.92. The number of benzene rings is 1. The molecule has 7 nitrogen and oxygen atoms in total. The van der Waals surface area contributed by atoms with E-state index < -0.39 is 0 Å². The molecule has 0 bridgehead atoms. The number of aldehydes is 1. The summed E-state index contributed by atoms with van der Waals surface area (Å²) in [4.78, 5) is 24.7. The summed E-state index contributed by atoms with van der Waals surface area (Å²) in [6.45, 7) is 5.38. The van der Waals surface area contributed by atoms with Crippen molar-refractivity contribution in [3.8, 4) is 0 Å². The second-order valence-electron chi connectivity index (χ2n) is 6.34. The van der Waals surface area contributed by atoms with Crippen LogP contribution in [0.15, 0.2) is 24.4 Å². The number of aromatic nitrogens is 2. The van der Waals surface area contributed by atoms with Crippen molar-refractivity contribution in [2.75, 3.05) is 32.0 Å². The Kier molecular flexibility index (Phi) is 8.76. The summed E-state index contributed by atoms with van der Waals surface area (Å²) in [7, 11) is 1.78. The Bertz CT molecular complexity index is 768. The monoisotopic (exact) mass is 425 g/mol. The number of carbonyl (C=O) groups excluding carboxylic acids is 2. The van der Waals surface area contributed by atoms with Gasteiger partial charge in [0.15, 0.2) is 6.29 Å². The summed E-state index contributed by atoms with van der Waals surface area (Å²) in [5, 5.41) is 13.4. The lowest BCUT2D eigenvalue weighted by Gasteiger charge is -2.31. The summed E-state index contributed by atoms with van der Waals surface area (Å²) in [5.74, 6) is -0.0770. The summed E-state index contributed by atoms with van der Waals surface area (Å²) in [5.41, 5.74) is 1.60. The van der Waals surface area contributed by atoms with Gasteiger partial charge in [0.05, 0.1) is 27.5 Å². The molecule has 0 radical (unpaired) electrons. The number of nitrogens with one attached hydrogen (secondary N) is 3. The molecular weight excluding hydrogens is 401 g/mol. The van der Waals surface area contributed by atoms with Crippen molar-refractivity contribution in [1.82, 2.24) is 20.4 Å². The molecule has 9 heteroatoms. The first-order chi connectivity index (χ1) is 13.5. The highest BCUT2D eigenvalue weighted by molar-refractivity contribution is 6.38. The van der Waals surface area contributed by atoms with Crippen molar-refractivity contribution < 1.29 is 9.59 Å². The number of rotatable bonds is 5. The zero-order chi connectivity index (χ0) is 20.5. The first-order valence-corrected chi connectivity index (χ1v) is 9.89. The van der Waals surface area contributed by atoms with Crippen LogP contribution in [0.4, 0.5) is 5.69 Å². The minimum Gasteiger partial charge on any atom is -0.385 e. The third-order valence-corrected chi connectivity index (χ3v) is 5.28. The Hall–Kier alpha value is -2.09. The summed E-state index contributed by atoms with van der Waals surface area (Å²) in [6.07, 6.45) is 4.30. The molecule has 28 heavy (non-hydrogen) atoms. The van der Waals surface area contributed by atoms with Crippen LogP contribution in [0, 0.1) is 0 Å². The SMILES string of the molecule is CCN1CCC(NC(=O)c2[nH]ncc2NC)CC1.O=Cc1c(Cl)cccc1Cl. The number of hydrogen-bond acceptors (Lipinski definition) is 5. The normalized spacial score (nSPS) is 14.7. The topological polar surface area (TPSA) is 90.1 Å². The Balaban J connectivity index is 0.000000237. The van der Waals surface area contributed by atoms with Crippen LogP contribution < -0.4 is 10.6 Å². The van der Waals surface area contributed by atoms with Gasteiger partial charge in [0.1, 0.15) is 5.69 Å². The van der Waals surface area contributed by atoms with Gasteiger partial charge in [-0.1, -0.05) is 36.2 Å². The van der Waals surface area contributed by atoms with E-state index in [0.717, 1.165) is 38.2 Å². The number of halogens is 2. The number of carbonyl (C=O) groups is 2. The average Bonchev–Trinajstić information content (AvgIpc) is 3.18. The number of amides is 1. The predicted molar refractivity (Wildman–Crippen MR) is 113 cm³/mol. The Labute approximate surface area is 174 Å². The Morgan fingerprint density at radius 1 is 1.32 bits per heavy atom. The van der Waals surface area contributed by atoms with Crippen LogP contribution in [0.2, 0.25) is 10.0 Å². The molecule has 1 aromatic carbocycles. The maximum atomic E-state index is 12.1. The van der Waals surface area contributed by atoms with E-state index >= 15 is 0 Å². The van der Waals surface area contributed by atoms with E-state index in [1.807, 2.05) is 0 Å². The van der Waals surface area contributed by atoms with Crippen molar-refractivity contribution in [1.29, 1.82) is 0 Å². The molecule has 1 aliphatic heterocycles. The largest absolute Gasteiger partial charge is 0.385 e. The minimum absolute atomic E-state index is 0.0770. The number of H-pyrrole nitrogens is 1. The first kappa shape index (κ1) is 22.2. The standard InChI is InChI=1S/C12H21N5O.C7H4Cl2O/c1-3-17-6-4-9(5-7-17)15-12(18)11-10(13-2)8-14-16-11;8-6-2-1-3-7(9)5(6)4-10/h8-9,13H,3-7H2,1-2H3,(H,14,16)(H,15,18);1-4H. The van der Waals surface area contributed by atoms with E-state index in [9.17, 15) is 9.59 Å². The zero-order valence-corrected chi connectivity index (χ0v) is 17.5. The van der Waals surface area contributed by atoms with Crippen molar-refractivity contribution in [3.63, 3.8) is 0 Å². The maximum absolute atomic E-state index is 12.1. The summed E-state index contributed by atoms with van der Waals surface area (Å²) < 4.78 is 0. The fourth-order valence-corrected chi connectivity index (χ4v) is 3.41. The average molecular weight is 426 g/mol. The molecule has 1 amide bonds. The molecule has 3 rings (SSSR count). The lowest BCUT2D eigenvalue weighted by Crippen LogP contribution is -2.44. The number of aromatic amines is 1. The van der Waals surface area contributed by atoms with E-state index in [0.29, 0.717) is 27.6 Å². The molecular formula is C19H25Cl2N5O2. The lowest BCUT2D eigenvalue weighted by molar-refractivity contribution is 0.0908. The fraction of sp³-hybridized carbons (Fsp3) is 0.421. The molecule has 0 atom stereocenters. The predicted octanol–water partition coefficient (Wildman–Crippen LogP) is 3.47. The van der Waals surface area contributed by atoms with Gasteiger partial charge in [0.2, 0.25) is 0 Å². The van der Waals surface area contributed by atoms with Gasteiger partial charge in [0.25, 0.3) is 5.91 Å². The molecule has 3 N–H and O–H groups in total. The number of piperidine rings is 1. The summed E-state index contributed by atoms with van der Waals surface area (Å²) in [6, 6.07) is 5.21. The van der Waals surface area contributed by atoms with E-state index in [4.69, 9.17) is 23.2 Å². The van der Waals surface area contributed by atoms with Crippen molar-refractivity contribution in [2.45, 2.75) is 25.8 Å². The second kappa shape index (κ2) is 11.0. The van der Waals surface area contributed by atoms with Crippen molar-refractivity contribution in [2.24, 2.45) is 0 Å². The van der Waals surface area contributed by atoms with Crippen LogP contribution in [0.1, 0.15) is 40.6 Å². The quantitative estimate of drug-likeness (QED) is 0.637. The molecule has 0 aliphatic carbocycles. The highest BCUT2D eigenvalue weighted by Crippen LogP contribution is 2.21. The first-order valence-electron chi connectivity index (χ1n) is 9.13. The van der Waals surface area contributed by atoms with Gasteiger partial charge in [-0.05, 0) is 31.5 Å². The highest BCUT2D eigenvalue weighted by atomic mass is 35.5. The minimum atomic E-state index is -0.0770. The van der Waals surface area contributed by atoms with Gasteiger partial charge in [-0.3, -0.25) is 14.7 Å². The van der Waals surface area contributed by atoms with Gasteiger partial charge in [-0.2, -0.15) is 5.10 Å². The van der Waals surface area contributed by atoms with Crippen LogP contribution >= 0.6 is 23.2 Å². The molecule has 0 unspecified atom stereocenters.